The molecule has 27 heavy (non-hydrogen) atoms. The Balaban J connectivity index is 1.87. The van der Waals surface area contributed by atoms with Gasteiger partial charge in [-0.1, -0.05) is 29.8 Å². The fraction of sp³-hybridized carbons (Fsp3) is 0.227. The van der Waals surface area contributed by atoms with Crippen LogP contribution in [0.4, 0.5) is 5.82 Å². The average Bonchev–Trinajstić information content (AvgIpc) is 3.22. The number of methoxy groups -OCH3 is 1. The first-order chi connectivity index (χ1) is 13.2. The summed E-state index contributed by atoms with van der Waals surface area (Å²) in [5.74, 6) is 1.71. The van der Waals surface area contributed by atoms with Crippen LogP contribution in [0, 0.1) is 0 Å². The van der Waals surface area contributed by atoms with Gasteiger partial charge in [-0.25, -0.2) is 0 Å². The molecule has 0 saturated carbocycles. The van der Waals surface area contributed by atoms with Crippen LogP contribution in [0.15, 0.2) is 65.5 Å². The molecule has 2 heterocycles. The Labute approximate surface area is 163 Å². The molecule has 0 aliphatic carbocycles. The molecule has 5 heteroatoms. The number of rotatable bonds is 4. The van der Waals surface area contributed by atoms with Crippen LogP contribution in [0.3, 0.4) is 0 Å². The Morgan fingerprint density at radius 2 is 1.67 bits per heavy atom. The highest BCUT2D eigenvalue weighted by atomic mass is 35.5. The first kappa shape index (κ1) is 17.7. The quantitative estimate of drug-likeness (QED) is 0.654. The summed E-state index contributed by atoms with van der Waals surface area (Å²) in [7, 11) is 1.65. The third-order valence-electron chi connectivity index (χ3n) is 4.93. The van der Waals surface area contributed by atoms with Gasteiger partial charge in [0.05, 0.1) is 12.8 Å². The minimum Gasteiger partial charge on any atom is -0.497 e. The van der Waals surface area contributed by atoms with Crippen LogP contribution in [0.25, 0.3) is 16.8 Å². The number of nitrogens with zero attached hydrogens (tertiary/aromatic N) is 2. The summed E-state index contributed by atoms with van der Waals surface area (Å²) in [5, 5.41) is 0.617. The van der Waals surface area contributed by atoms with Crippen molar-refractivity contribution in [2.45, 2.75) is 12.8 Å². The number of hydrogen-bond acceptors (Lipinski definition) is 3. The van der Waals surface area contributed by atoms with Gasteiger partial charge in [-0.05, 0) is 60.4 Å². The number of ether oxygens (including phenoxy) is 1. The van der Waals surface area contributed by atoms with Crippen molar-refractivity contribution >= 4 is 17.4 Å². The number of halogens is 1. The van der Waals surface area contributed by atoms with Gasteiger partial charge in [-0.15, -0.1) is 0 Å². The minimum absolute atomic E-state index is 0.0625. The van der Waals surface area contributed by atoms with E-state index in [1.807, 2.05) is 48.5 Å². The monoisotopic (exact) mass is 380 g/mol. The fourth-order valence-electron chi connectivity index (χ4n) is 3.56. The summed E-state index contributed by atoms with van der Waals surface area (Å²) in [6, 6.07) is 19.0. The van der Waals surface area contributed by atoms with E-state index < -0.39 is 0 Å². The first-order valence-corrected chi connectivity index (χ1v) is 9.46. The van der Waals surface area contributed by atoms with Crippen molar-refractivity contribution < 1.29 is 4.74 Å². The van der Waals surface area contributed by atoms with Gasteiger partial charge in [-0.3, -0.25) is 9.36 Å². The van der Waals surface area contributed by atoms with Crippen molar-refractivity contribution in [2.24, 2.45) is 0 Å². The lowest BCUT2D eigenvalue weighted by molar-refractivity contribution is 0.415. The van der Waals surface area contributed by atoms with E-state index in [9.17, 15) is 4.79 Å². The van der Waals surface area contributed by atoms with Gasteiger partial charge in [0.1, 0.15) is 11.6 Å². The Morgan fingerprint density at radius 1 is 0.926 bits per heavy atom. The third kappa shape index (κ3) is 3.58. The van der Waals surface area contributed by atoms with E-state index in [0.29, 0.717) is 5.02 Å². The van der Waals surface area contributed by atoms with Crippen molar-refractivity contribution in [2.75, 3.05) is 25.1 Å². The fourth-order valence-corrected chi connectivity index (χ4v) is 3.74. The molecule has 1 aromatic heterocycles. The Kier molecular flexibility index (Phi) is 4.90. The molecule has 0 spiro atoms. The highest BCUT2D eigenvalue weighted by Gasteiger charge is 2.19. The van der Waals surface area contributed by atoms with E-state index >= 15 is 0 Å². The zero-order chi connectivity index (χ0) is 18.8. The number of pyridine rings is 1. The maximum Gasteiger partial charge on any atom is 0.257 e. The molecule has 1 aliphatic rings. The van der Waals surface area contributed by atoms with Gasteiger partial charge in [0.15, 0.2) is 0 Å². The van der Waals surface area contributed by atoms with E-state index in [1.165, 1.54) is 0 Å². The Hall–Kier alpha value is -2.72. The summed E-state index contributed by atoms with van der Waals surface area (Å²) in [4.78, 5) is 15.4. The zero-order valence-electron chi connectivity index (χ0n) is 15.2. The van der Waals surface area contributed by atoms with E-state index in [1.54, 1.807) is 17.7 Å². The van der Waals surface area contributed by atoms with Crippen LogP contribution in [0.2, 0.25) is 5.02 Å². The molecule has 4 rings (SSSR count). The SMILES string of the molecule is COc1ccc(-c2cc(N3CCCC3)n(-c3cccc(Cl)c3)c(=O)c2)cc1. The van der Waals surface area contributed by atoms with E-state index in [4.69, 9.17) is 16.3 Å². The Bertz CT molecular complexity index is 1010. The van der Waals surface area contributed by atoms with E-state index in [-0.39, 0.29) is 5.56 Å². The molecule has 0 radical (unpaired) electrons. The standard InChI is InChI=1S/C22H21ClN2O2/c1-27-20-9-7-16(8-10-20)17-13-21(24-11-2-3-12-24)25(22(26)14-17)19-6-4-5-18(23)15-19/h4-10,13-15H,2-3,11-12H2,1H3. The lowest BCUT2D eigenvalue weighted by Crippen LogP contribution is -2.28. The highest BCUT2D eigenvalue weighted by Crippen LogP contribution is 2.29. The third-order valence-corrected chi connectivity index (χ3v) is 5.17. The van der Waals surface area contributed by atoms with Crippen LogP contribution >= 0.6 is 11.6 Å². The molecular weight excluding hydrogens is 360 g/mol. The van der Waals surface area contributed by atoms with Gasteiger partial charge in [-0.2, -0.15) is 0 Å². The van der Waals surface area contributed by atoms with Crippen LogP contribution in [0.1, 0.15) is 12.8 Å². The molecule has 3 aromatic rings. The maximum absolute atomic E-state index is 13.1. The molecule has 1 saturated heterocycles. The van der Waals surface area contributed by atoms with Gasteiger partial charge in [0, 0.05) is 24.2 Å². The van der Waals surface area contributed by atoms with Crippen LogP contribution < -0.4 is 15.2 Å². The smallest absolute Gasteiger partial charge is 0.257 e. The van der Waals surface area contributed by atoms with Gasteiger partial charge < -0.3 is 9.64 Å². The summed E-state index contributed by atoms with van der Waals surface area (Å²) in [6.45, 7) is 1.90. The van der Waals surface area contributed by atoms with E-state index in [0.717, 1.165) is 54.3 Å². The molecule has 0 amide bonds. The first-order valence-electron chi connectivity index (χ1n) is 9.08. The normalized spacial score (nSPS) is 13.8. The number of benzene rings is 2. The van der Waals surface area contributed by atoms with Crippen molar-refractivity contribution in [3.05, 3.63) is 76.0 Å². The molecule has 0 unspecified atom stereocenters. The number of hydrogen-bond donors (Lipinski definition) is 0. The Morgan fingerprint density at radius 3 is 2.33 bits per heavy atom. The molecule has 138 valence electrons. The summed E-state index contributed by atoms with van der Waals surface area (Å²) >= 11 is 6.17. The largest absolute Gasteiger partial charge is 0.497 e. The highest BCUT2D eigenvalue weighted by molar-refractivity contribution is 6.30. The molecule has 0 N–H and O–H groups in total. The van der Waals surface area contributed by atoms with Crippen LogP contribution in [-0.2, 0) is 0 Å². The molecule has 0 bridgehead atoms. The maximum atomic E-state index is 13.1. The predicted molar refractivity (Wildman–Crippen MR) is 110 cm³/mol. The van der Waals surface area contributed by atoms with Gasteiger partial charge in [0.25, 0.3) is 5.56 Å². The summed E-state index contributed by atoms with van der Waals surface area (Å²) in [5.41, 5.74) is 2.62. The van der Waals surface area contributed by atoms with Crippen LogP contribution in [-0.4, -0.2) is 24.8 Å². The second kappa shape index (κ2) is 7.49. The van der Waals surface area contributed by atoms with Gasteiger partial charge in [0.2, 0.25) is 0 Å². The molecule has 0 atom stereocenters. The lowest BCUT2D eigenvalue weighted by Gasteiger charge is -2.23. The van der Waals surface area contributed by atoms with Gasteiger partial charge >= 0.3 is 0 Å². The zero-order valence-corrected chi connectivity index (χ0v) is 15.9. The topological polar surface area (TPSA) is 34.5 Å². The molecule has 2 aromatic carbocycles. The second-order valence-corrected chi connectivity index (χ2v) is 7.11. The summed E-state index contributed by atoms with van der Waals surface area (Å²) < 4.78 is 6.99. The van der Waals surface area contributed by atoms with Crippen molar-refractivity contribution in [1.82, 2.24) is 4.57 Å². The summed E-state index contributed by atoms with van der Waals surface area (Å²) in [6.07, 6.45) is 2.27. The van der Waals surface area contributed by atoms with Crippen LogP contribution in [0.5, 0.6) is 5.75 Å². The van der Waals surface area contributed by atoms with Crippen molar-refractivity contribution in [3.63, 3.8) is 0 Å². The lowest BCUT2D eigenvalue weighted by atomic mass is 10.1. The number of aromatic nitrogens is 1. The average molecular weight is 381 g/mol. The molecular formula is C22H21ClN2O2. The minimum atomic E-state index is -0.0625. The van der Waals surface area contributed by atoms with Crippen molar-refractivity contribution in [1.29, 1.82) is 0 Å². The molecule has 1 aliphatic heterocycles. The van der Waals surface area contributed by atoms with Crippen molar-refractivity contribution in [3.8, 4) is 22.6 Å². The second-order valence-electron chi connectivity index (χ2n) is 6.68. The molecule has 1 fully saturated rings. The van der Waals surface area contributed by atoms with E-state index in [2.05, 4.69) is 11.0 Å². The number of anilines is 1. The predicted octanol–water partition coefficient (Wildman–Crippen LogP) is 4.77. The molecule has 4 nitrogen and oxygen atoms in total.